The van der Waals surface area contributed by atoms with Gasteiger partial charge in [-0.1, -0.05) is 0 Å². The summed E-state index contributed by atoms with van der Waals surface area (Å²) in [5, 5.41) is 13.1. The van der Waals surface area contributed by atoms with E-state index >= 15 is 0 Å². The molecule has 4 rings (SSSR count). The summed E-state index contributed by atoms with van der Waals surface area (Å²) in [5.41, 5.74) is 3.29. The van der Waals surface area contributed by atoms with Gasteiger partial charge in [0, 0.05) is 34.4 Å². The zero-order valence-corrected chi connectivity index (χ0v) is 13.4. The van der Waals surface area contributed by atoms with E-state index in [0.717, 1.165) is 16.4 Å². The van der Waals surface area contributed by atoms with Crippen LogP contribution in [0.3, 0.4) is 0 Å². The maximum Gasteiger partial charge on any atom is 0.272 e. The Morgan fingerprint density at radius 2 is 1.92 bits per heavy atom. The Labute approximate surface area is 142 Å². The summed E-state index contributed by atoms with van der Waals surface area (Å²) in [6.07, 6.45) is 3.49. The van der Waals surface area contributed by atoms with Gasteiger partial charge in [-0.05, 0) is 49.4 Å². The van der Waals surface area contributed by atoms with Gasteiger partial charge >= 0.3 is 0 Å². The predicted octanol–water partition coefficient (Wildman–Crippen LogP) is 3.58. The van der Waals surface area contributed by atoms with Crippen molar-refractivity contribution in [3.05, 3.63) is 66.1 Å². The lowest BCUT2D eigenvalue weighted by Gasteiger charge is -2.04. The molecule has 0 aliphatic carbocycles. The van der Waals surface area contributed by atoms with Crippen LogP contribution < -0.4 is 5.32 Å². The summed E-state index contributed by atoms with van der Waals surface area (Å²) in [5.74, 6) is -0.137. The minimum Gasteiger partial charge on any atom is -0.508 e. The molecule has 6 nitrogen and oxygen atoms in total. The molecule has 0 spiro atoms. The van der Waals surface area contributed by atoms with Crippen LogP contribution in [0.25, 0.3) is 16.4 Å². The molecule has 0 bridgehead atoms. The van der Waals surface area contributed by atoms with Crippen molar-refractivity contribution in [3.8, 4) is 5.75 Å². The molecule has 3 aromatic heterocycles. The highest BCUT2D eigenvalue weighted by molar-refractivity contribution is 6.06. The van der Waals surface area contributed by atoms with Crippen LogP contribution in [-0.4, -0.2) is 26.2 Å². The average molecular weight is 333 g/mol. The Morgan fingerprint density at radius 3 is 2.72 bits per heavy atom. The van der Waals surface area contributed by atoms with Gasteiger partial charge < -0.3 is 19.8 Å². The minimum absolute atomic E-state index is 0.00406. The normalized spacial score (nSPS) is 11.1. The van der Waals surface area contributed by atoms with Crippen molar-refractivity contribution in [3.63, 3.8) is 0 Å². The van der Waals surface area contributed by atoms with E-state index in [4.69, 9.17) is 0 Å². The van der Waals surface area contributed by atoms with Crippen LogP contribution in [0.1, 0.15) is 27.8 Å². The van der Waals surface area contributed by atoms with Gasteiger partial charge in [0.2, 0.25) is 0 Å². The van der Waals surface area contributed by atoms with Gasteiger partial charge in [0.05, 0.1) is 5.69 Å². The highest BCUT2D eigenvalue weighted by Gasteiger charge is 2.11. The number of carbonyl (C=O) groups is 2. The number of phenols is 1. The number of amides is 1. The van der Waals surface area contributed by atoms with Crippen LogP contribution in [-0.2, 0) is 0 Å². The first-order chi connectivity index (χ1) is 12.0. The number of aromatic nitrogens is 2. The molecule has 0 radical (unpaired) electrons. The van der Waals surface area contributed by atoms with Crippen molar-refractivity contribution >= 4 is 33.8 Å². The summed E-state index contributed by atoms with van der Waals surface area (Å²) in [6, 6.07) is 12.0. The molecule has 25 heavy (non-hydrogen) atoms. The molecule has 4 aromatic rings. The van der Waals surface area contributed by atoms with E-state index in [2.05, 4.69) is 10.3 Å². The fourth-order valence-corrected chi connectivity index (χ4v) is 2.82. The lowest BCUT2D eigenvalue weighted by Crippen LogP contribution is -2.12. The van der Waals surface area contributed by atoms with Crippen LogP contribution in [0.2, 0.25) is 0 Å². The lowest BCUT2D eigenvalue weighted by atomic mass is 10.2. The smallest absolute Gasteiger partial charge is 0.272 e. The number of benzene rings is 1. The number of nitrogens with zero attached hydrogens (tertiary/aromatic N) is 1. The molecule has 0 saturated carbocycles. The lowest BCUT2D eigenvalue weighted by molar-refractivity contribution is 0.101. The van der Waals surface area contributed by atoms with Gasteiger partial charge in [0.25, 0.3) is 5.91 Å². The maximum atomic E-state index is 12.4. The molecular formula is C19H15N3O3. The number of hydrogen-bond acceptors (Lipinski definition) is 3. The number of aromatic amines is 1. The number of fused-ring (bicyclic) bond motifs is 2. The third-order valence-corrected chi connectivity index (χ3v) is 4.10. The number of Topliss-reactive ketones (excluding diaryl/α,β-unsaturated/α-hetero) is 1. The molecule has 0 atom stereocenters. The Bertz CT molecular complexity index is 1140. The van der Waals surface area contributed by atoms with Gasteiger partial charge in [-0.3, -0.25) is 9.59 Å². The molecule has 3 heterocycles. The fourth-order valence-electron chi connectivity index (χ4n) is 2.82. The van der Waals surface area contributed by atoms with Gasteiger partial charge in [-0.15, -0.1) is 0 Å². The Morgan fingerprint density at radius 1 is 1.08 bits per heavy atom. The van der Waals surface area contributed by atoms with Crippen molar-refractivity contribution in [2.75, 3.05) is 5.32 Å². The second-order valence-corrected chi connectivity index (χ2v) is 5.94. The summed E-state index contributed by atoms with van der Waals surface area (Å²) >= 11 is 0. The number of rotatable bonds is 3. The molecule has 1 aromatic carbocycles. The quantitative estimate of drug-likeness (QED) is 0.501. The number of anilines is 1. The molecule has 1 amide bonds. The van der Waals surface area contributed by atoms with Crippen LogP contribution >= 0.6 is 0 Å². The van der Waals surface area contributed by atoms with Gasteiger partial charge in [-0.25, -0.2) is 0 Å². The van der Waals surface area contributed by atoms with Crippen molar-refractivity contribution in [1.29, 1.82) is 0 Å². The second kappa shape index (κ2) is 5.52. The first-order valence-electron chi connectivity index (χ1n) is 7.75. The van der Waals surface area contributed by atoms with Crippen LogP contribution in [0, 0.1) is 0 Å². The molecule has 0 aliphatic rings. The van der Waals surface area contributed by atoms with Gasteiger partial charge in [-0.2, -0.15) is 0 Å². The predicted molar refractivity (Wildman–Crippen MR) is 95.3 cm³/mol. The van der Waals surface area contributed by atoms with Crippen LogP contribution in [0.5, 0.6) is 5.75 Å². The molecular weight excluding hydrogens is 318 g/mol. The van der Waals surface area contributed by atoms with Gasteiger partial charge in [0.1, 0.15) is 11.4 Å². The third-order valence-electron chi connectivity index (χ3n) is 4.10. The Kier molecular flexibility index (Phi) is 3.32. The Hall–Kier alpha value is -3.54. The number of nitrogens with one attached hydrogen (secondary N) is 2. The average Bonchev–Trinajstić information content (AvgIpc) is 3.17. The number of hydrogen-bond donors (Lipinski definition) is 3. The second-order valence-electron chi connectivity index (χ2n) is 5.94. The van der Waals surface area contributed by atoms with Crippen LogP contribution in [0.4, 0.5) is 5.69 Å². The zero-order chi connectivity index (χ0) is 17.6. The molecule has 0 unspecified atom stereocenters. The van der Waals surface area contributed by atoms with E-state index in [1.807, 2.05) is 6.07 Å². The molecule has 6 heteroatoms. The standard InChI is InChI=1S/C19H15N3O3/c1-11(23)13-6-15-3-2-14(10-22(15)9-13)20-19(25)18-8-12-7-16(24)4-5-17(12)21-18/h2-10,21,24H,1H3,(H,20,25). The summed E-state index contributed by atoms with van der Waals surface area (Å²) < 4.78 is 1.80. The van der Waals surface area contributed by atoms with E-state index in [-0.39, 0.29) is 17.4 Å². The van der Waals surface area contributed by atoms with Gasteiger partial charge in [0.15, 0.2) is 5.78 Å². The molecule has 0 aliphatic heterocycles. The SMILES string of the molecule is CC(=O)c1cc2ccc(NC(=O)c3cc4cc(O)ccc4[nH]3)cn2c1. The van der Waals surface area contributed by atoms with E-state index in [1.54, 1.807) is 53.2 Å². The molecule has 0 fully saturated rings. The molecule has 3 N–H and O–H groups in total. The Balaban J connectivity index is 1.62. The van der Waals surface area contributed by atoms with Crippen molar-refractivity contribution in [2.45, 2.75) is 6.92 Å². The maximum absolute atomic E-state index is 12.4. The summed E-state index contributed by atoms with van der Waals surface area (Å²) in [7, 11) is 0. The van der Waals surface area contributed by atoms with E-state index in [0.29, 0.717) is 16.9 Å². The number of ketones is 1. The fraction of sp³-hybridized carbons (Fsp3) is 0.0526. The number of pyridine rings is 1. The highest BCUT2D eigenvalue weighted by Crippen LogP contribution is 2.21. The van der Waals surface area contributed by atoms with Crippen molar-refractivity contribution in [1.82, 2.24) is 9.38 Å². The van der Waals surface area contributed by atoms with Crippen LogP contribution in [0.15, 0.2) is 54.9 Å². The number of carbonyl (C=O) groups excluding carboxylic acids is 2. The monoisotopic (exact) mass is 333 g/mol. The minimum atomic E-state index is -0.283. The van der Waals surface area contributed by atoms with E-state index < -0.39 is 0 Å². The highest BCUT2D eigenvalue weighted by atomic mass is 16.3. The first kappa shape index (κ1) is 15.0. The van der Waals surface area contributed by atoms with E-state index in [9.17, 15) is 14.7 Å². The number of H-pyrrole nitrogens is 1. The zero-order valence-electron chi connectivity index (χ0n) is 13.4. The topological polar surface area (TPSA) is 86.6 Å². The van der Waals surface area contributed by atoms with Crippen molar-refractivity contribution < 1.29 is 14.7 Å². The number of phenolic OH excluding ortho intramolecular Hbond substituents is 1. The largest absolute Gasteiger partial charge is 0.508 e. The molecule has 0 saturated heterocycles. The molecule has 124 valence electrons. The van der Waals surface area contributed by atoms with Crippen molar-refractivity contribution in [2.24, 2.45) is 0 Å². The summed E-state index contributed by atoms with van der Waals surface area (Å²) in [6.45, 7) is 1.52. The summed E-state index contributed by atoms with van der Waals surface area (Å²) in [4.78, 5) is 26.9. The number of aromatic hydroxyl groups is 1. The van der Waals surface area contributed by atoms with E-state index in [1.165, 1.54) is 6.92 Å². The first-order valence-corrected chi connectivity index (χ1v) is 7.75. The third kappa shape index (κ3) is 2.74.